The van der Waals surface area contributed by atoms with Gasteiger partial charge in [-0.1, -0.05) is 12.1 Å². The highest BCUT2D eigenvalue weighted by molar-refractivity contribution is 5.78. The van der Waals surface area contributed by atoms with Crippen molar-refractivity contribution in [2.45, 2.75) is 19.1 Å². The van der Waals surface area contributed by atoms with Gasteiger partial charge in [0, 0.05) is 31.2 Å². The number of carbonyl (C=O) groups excluding carboxylic acids is 1. The lowest BCUT2D eigenvalue weighted by molar-refractivity contribution is -0.132. The summed E-state index contributed by atoms with van der Waals surface area (Å²) in [5, 5.41) is 9.00. The summed E-state index contributed by atoms with van der Waals surface area (Å²) in [5.41, 5.74) is 0.761. The van der Waals surface area contributed by atoms with Crippen LogP contribution in [-0.2, 0) is 11.4 Å². The molecule has 1 N–H and O–H groups in total. The smallest absolute Gasteiger partial charge is 0.260 e. The highest BCUT2D eigenvalue weighted by atomic mass is 19.1. The van der Waals surface area contributed by atoms with Gasteiger partial charge in [0.15, 0.2) is 6.61 Å². The number of rotatable bonds is 6. The van der Waals surface area contributed by atoms with Crippen LogP contribution >= 0.6 is 0 Å². The monoisotopic (exact) mass is 363 g/mol. The lowest BCUT2D eigenvalue weighted by Gasteiger charge is -2.17. The number of aliphatic hydroxyl groups excluding tert-OH is 1. The zero-order valence-corrected chi connectivity index (χ0v) is 14.0. The molecule has 138 valence electrons. The molecule has 26 heavy (non-hydrogen) atoms. The molecular weight excluding hydrogens is 344 g/mol. The summed E-state index contributed by atoms with van der Waals surface area (Å²) in [6.07, 6.45) is 0.263. The Balaban J connectivity index is 1.48. The number of benzene rings is 2. The number of hydrogen-bond donors (Lipinski definition) is 1. The van der Waals surface area contributed by atoms with Crippen molar-refractivity contribution in [1.29, 1.82) is 0 Å². The van der Waals surface area contributed by atoms with Gasteiger partial charge in [-0.15, -0.1) is 0 Å². The molecule has 1 heterocycles. The lowest BCUT2D eigenvalue weighted by Crippen LogP contribution is -2.34. The molecular formula is C19H19F2NO4. The highest BCUT2D eigenvalue weighted by Gasteiger charge is 2.28. The van der Waals surface area contributed by atoms with Gasteiger partial charge in [0.05, 0.1) is 13.2 Å². The zero-order valence-electron chi connectivity index (χ0n) is 14.0. The molecule has 0 spiro atoms. The van der Waals surface area contributed by atoms with Crippen LogP contribution < -0.4 is 9.47 Å². The van der Waals surface area contributed by atoms with E-state index in [9.17, 15) is 13.6 Å². The Labute approximate surface area is 149 Å². The van der Waals surface area contributed by atoms with Crippen LogP contribution in [0, 0.1) is 11.6 Å². The normalized spacial score (nSPS) is 16.6. The van der Waals surface area contributed by atoms with Gasteiger partial charge in [-0.3, -0.25) is 4.79 Å². The van der Waals surface area contributed by atoms with Crippen LogP contribution in [0.25, 0.3) is 0 Å². The lowest BCUT2D eigenvalue weighted by atomic mass is 10.2. The molecule has 0 aromatic heterocycles. The van der Waals surface area contributed by atoms with Crippen LogP contribution in [0.1, 0.15) is 12.0 Å². The van der Waals surface area contributed by atoms with Crippen molar-refractivity contribution in [3.05, 3.63) is 59.7 Å². The minimum Gasteiger partial charge on any atom is -0.488 e. The van der Waals surface area contributed by atoms with Gasteiger partial charge in [0.1, 0.15) is 29.2 Å². The molecule has 5 nitrogen and oxygen atoms in total. The van der Waals surface area contributed by atoms with Crippen LogP contribution in [0.5, 0.6) is 11.5 Å². The minimum atomic E-state index is -0.702. The molecule has 1 amide bonds. The van der Waals surface area contributed by atoms with Crippen LogP contribution in [-0.4, -0.2) is 41.7 Å². The Kier molecular flexibility index (Phi) is 5.68. The molecule has 2 aromatic carbocycles. The third kappa shape index (κ3) is 4.70. The molecule has 0 bridgehead atoms. The maximum Gasteiger partial charge on any atom is 0.260 e. The van der Waals surface area contributed by atoms with E-state index < -0.39 is 11.6 Å². The van der Waals surface area contributed by atoms with E-state index in [0.717, 1.165) is 23.8 Å². The van der Waals surface area contributed by atoms with E-state index in [0.29, 0.717) is 25.3 Å². The Hall–Kier alpha value is -2.67. The molecule has 3 rings (SSSR count). The van der Waals surface area contributed by atoms with Gasteiger partial charge in [0.2, 0.25) is 0 Å². The Morgan fingerprint density at radius 2 is 1.81 bits per heavy atom. The van der Waals surface area contributed by atoms with Crippen LogP contribution in [0.2, 0.25) is 0 Å². The van der Waals surface area contributed by atoms with Crippen molar-refractivity contribution < 1.29 is 28.2 Å². The van der Waals surface area contributed by atoms with E-state index >= 15 is 0 Å². The molecule has 1 aliphatic rings. The molecule has 2 aromatic rings. The number of hydrogen-bond acceptors (Lipinski definition) is 4. The third-order valence-corrected chi connectivity index (χ3v) is 4.10. The van der Waals surface area contributed by atoms with Crippen LogP contribution in [0.3, 0.4) is 0 Å². The highest BCUT2D eigenvalue weighted by Crippen LogP contribution is 2.21. The van der Waals surface area contributed by atoms with Crippen molar-refractivity contribution >= 4 is 5.91 Å². The Morgan fingerprint density at radius 1 is 1.12 bits per heavy atom. The van der Waals surface area contributed by atoms with Crippen molar-refractivity contribution in [1.82, 2.24) is 4.90 Å². The summed E-state index contributed by atoms with van der Waals surface area (Å²) < 4.78 is 37.4. The fourth-order valence-corrected chi connectivity index (χ4v) is 2.77. The van der Waals surface area contributed by atoms with Gasteiger partial charge in [-0.25, -0.2) is 8.78 Å². The standard InChI is InChI=1S/C19H19F2NO4/c20-14-7-15(21)9-18(8-14)26-17-5-6-22(10-17)19(24)12-25-16-3-1-13(11-23)2-4-16/h1-4,7-9,17,23H,5-6,10-12H2. The SMILES string of the molecule is O=C(COc1ccc(CO)cc1)N1CCC(Oc2cc(F)cc(F)c2)C1. The number of amides is 1. The molecule has 0 radical (unpaired) electrons. The van der Waals surface area contributed by atoms with Crippen molar-refractivity contribution in [2.24, 2.45) is 0 Å². The quantitative estimate of drug-likeness (QED) is 0.857. The summed E-state index contributed by atoms with van der Waals surface area (Å²) >= 11 is 0. The predicted molar refractivity (Wildman–Crippen MR) is 89.8 cm³/mol. The molecule has 1 unspecified atom stereocenters. The topological polar surface area (TPSA) is 59.0 Å². The number of nitrogens with zero attached hydrogens (tertiary/aromatic N) is 1. The Bertz CT molecular complexity index is 746. The number of aliphatic hydroxyl groups is 1. The largest absolute Gasteiger partial charge is 0.488 e. The molecule has 1 saturated heterocycles. The molecule has 1 aliphatic heterocycles. The number of likely N-dealkylation sites (tertiary alicyclic amines) is 1. The first-order chi connectivity index (χ1) is 12.5. The van der Waals surface area contributed by atoms with Crippen molar-refractivity contribution in [3.8, 4) is 11.5 Å². The van der Waals surface area contributed by atoms with Gasteiger partial charge in [0.25, 0.3) is 5.91 Å². The number of ether oxygens (including phenoxy) is 2. The van der Waals surface area contributed by atoms with Crippen LogP contribution in [0.15, 0.2) is 42.5 Å². The van der Waals surface area contributed by atoms with E-state index in [1.165, 1.54) is 0 Å². The summed E-state index contributed by atoms with van der Waals surface area (Å²) in [5.74, 6) is -0.939. The first-order valence-corrected chi connectivity index (χ1v) is 8.26. The van der Waals surface area contributed by atoms with Gasteiger partial charge in [-0.05, 0) is 17.7 Å². The second-order valence-corrected chi connectivity index (χ2v) is 6.06. The predicted octanol–water partition coefficient (Wildman–Crippen LogP) is 2.52. The minimum absolute atomic E-state index is 0.0520. The van der Waals surface area contributed by atoms with E-state index in [4.69, 9.17) is 14.6 Å². The first kappa shape index (κ1) is 18.1. The van der Waals surface area contributed by atoms with E-state index in [-0.39, 0.29) is 31.0 Å². The zero-order chi connectivity index (χ0) is 18.5. The van der Waals surface area contributed by atoms with Crippen molar-refractivity contribution in [2.75, 3.05) is 19.7 Å². The Morgan fingerprint density at radius 3 is 2.46 bits per heavy atom. The fraction of sp³-hybridized carbons (Fsp3) is 0.316. The van der Waals surface area contributed by atoms with Gasteiger partial charge >= 0.3 is 0 Å². The van der Waals surface area contributed by atoms with Crippen molar-refractivity contribution in [3.63, 3.8) is 0 Å². The third-order valence-electron chi connectivity index (χ3n) is 4.10. The average molecular weight is 363 g/mol. The molecule has 0 aliphatic carbocycles. The summed E-state index contributed by atoms with van der Waals surface area (Å²) in [4.78, 5) is 13.8. The number of halogens is 2. The maximum absolute atomic E-state index is 13.2. The van der Waals surface area contributed by atoms with E-state index in [1.807, 2.05) is 0 Å². The molecule has 1 fully saturated rings. The maximum atomic E-state index is 13.2. The average Bonchev–Trinajstić information content (AvgIpc) is 3.07. The van der Waals surface area contributed by atoms with Gasteiger partial charge < -0.3 is 19.5 Å². The van der Waals surface area contributed by atoms with E-state index in [1.54, 1.807) is 29.2 Å². The molecule has 1 atom stereocenters. The molecule has 0 saturated carbocycles. The number of carbonyl (C=O) groups is 1. The summed E-state index contributed by atoms with van der Waals surface area (Å²) in [6, 6.07) is 9.83. The summed E-state index contributed by atoms with van der Waals surface area (Å²) in [7, 11) is 0. The summed E-state index contributed by atoms with van der Waals surface area (Å²) in [6.45, 7) is 0.668. The van der Waals surface area contributed by atoms with Crippen LogP contribution in [0.4, 0.5) is 8.78 Å². The second-order valence-electron chi connectivity index (χ2n) is 6.06. The first-order valence-electron chi connectivity index (χ1n) is 8.26. The second kappa shape index (κ2) is 8.14. The fourth-order valence-electron chi connectivity index (χ4n) is 2.77. The molecule has 7 heteroatoms. The van der Waals surface area contributed by atoms with Gasteiger partial charge in [-0.2, -0.15) is 0 Å². The van der Waals surface area contributed by atoms with E-state index in [2.05, 4.69) is 0 Å².